The third-order valence-corrected chi connectivity index (χ3v) is 4.18. The van der Waals surface area contributed by atoms with E-state index in [1.807, 2.05) is 26.0 Å². The van der Waals surface area contributed by atoms with E-state index in [-0.39, 0.29) is 5.91 Å². The molecule has 0 atom stereocenters. The van der Waals surface area contributed by atoms with Gasteiger partial charge >= 0.3 is 0 Å². The second-order valence-corrected chi connectivity index (χ2v) is 6.30. The molecule has 28 heavy (non-hydrogen) atoms. The van der Waals surface area contributed by atoms with E-state index in [0.29, 0.717) is 28.7 Å². The molecule has 3 aromatic rings. The van der Waals surface area contributed by atoms with Crippen LogP contribution in [0, 0.1) is 13.8 Å². The summed E-state index contributed by atoms with van der Waals surface area (Å²) in [6, 6.07) is 14.5. The van der Waals surface area contributed by atoms with E-state index in [2.05, 4.69) is 26.9 Å². The van der Waals surface area contributed by atoms with Gasteiger partial charge < -0.3 is 20.1 Å². The molecule has 0 aliphatic carbocycles. The average molecular weight is 378 g/mol. The van der Waals surface area contributed by atoms with Crippen molar-refractivity contribution in [2.75, 3.05) is 24.9 Å². The first-order chi connectivity index (χ1) is 13.5. The Morgan fingerprint density at radius 3 is 2.11 bits per heavy atom. The number of aryl methyl sites for hydroxylation is 2. The lowest BCUT2D eigenvalue weighted by Gasteiger charge is -2.10. The Kier molecular flexibility index (Phi) is 5.74. The number of amides is 1. The summed E-state index contributed by atoms with van der Waals surface area (Å²) < 4.78 is 10.4. The maximum Gasteiger partial charge on any atom is 0.257 e. The Balaban J connectivity index is 1.72. The van der Waals surface area contributed by atoms with E-state index in [1.165, 1.54) is 14.2 Å². The van der Waals surface area contributed by atoms with Crippen molar-refractivity contribution in [1.82, 2.24) is 10.2 Å². The van der Waals surface area contributed by atoms with E-state index in [1.54, 1.807) is 30.3 Å². The van der Waals surface area contributed by atoms with Crippen molar-refractivity contribution in [1.29, 1.82) is 0 Å². The first kappa shape index (κ1) is 19.2. The van der Waals surface area contributed by atoms with Crippen molar-refractivity contribution in [3.63, 3.8) is 0 Å². The van der Waals surface area contributed by atoms with Gasteiger partial charge in [0.15, 0.2) is 11.6 Å². The summed E-state index contributed by atoms with van der Waals surface area (Å²) in [5.74, 6) is 1.67. The lowest BCUT2D eigenvalue weighted by atomic mass is 10.1. The predicted octanol–water partition coefficient (Wildman–Crippen LogP) is 4.11. The van der Waals surface area contributed by atoms with Crippen molar-refractivity contribution in [2.45, 2.75) is 13.8 Å². The standard InChI is InChI=1S/C21H22N4O3/c1-13-5-6-14(2)18(9-13)22-19-7-8-20(25-24-19)23-21(26)15-10-16(27-3)12-17(11-15)28-4/h5-12H,1-4H3,(H,22,24)(H,23,25,26). The van der Waals surface area contributed by atoms with Crippen molar-refractivity contribution < 1.29 is 14.3 Å². The highest BCUT2D eigenvalue weighted by Gasteiger charge is 2.11. The smallest absolute Gasteiger partial charge is 0.257 e. The van der Waals surface area contributed by atoms with Crippen molar-refractivity contribution in [2.24, 2.45) is 0 Å². The highest BCUT2D eigenvalue weighted by molar-refractivity contribution is 6.04. The van der Waals surface area contributed by atoms with Crippen LogP contribution in [-0.2, 0) is 0 Å². The number of anilines is 3. The van der Waals surface area contributed by atoms with Gasteiger partial charge in [0.1, 0.15) is 11.5 Å². The number of carbonyl (C=O) groups is 1. The Morgan fingerprint density at radius 2 is 1.50 bits per heavy atom. The number of nitrogens with zero attached hydrogens (tertiary/aromatic N) is 2. The molecule has 3 rings (SSSR count). The minimum atomic E-state index is -0.332. The Hall–Kier alpha value is -3.61. The van der Waals surface area contributed by atoms with Gasteiger partial charge in [-0.25, -0.2) is 0 Å². The summed E-state index contributed by atoms with van der Waals surface area (Å²) in [4.78, 5) is 12.5. The van der Waals surface area contributed by atoms with Gasteiger partial charge in [-0.05, 0) is 55.3 Å². The van der Waals surface area contributed by atoms with Gasteiger partial charge in [0.25, 0.3) is 5.91 Å². The van der Waals surface area contributed by atoms with Crippen LogP contribution in [0.5, 0.6) is 11.5 Å². The summed E-state index contributed by atoms with van der Waals surface area (Å²) in [7, 11) is 3.06. The van der Waals surface area contributed by atoms with E-state index in [0.717, 1.165) is 16.8 Å². The molecule has 0 aliphatic heterocycles. The van der Waals surface area contributed by atoms with Gasteiger partial charge in [-0.2, -0.15) is 0 Å². The molecule has 1 aromatic heterocycles. The minimum Gasteiger partial charge on any atom is -0.497 e. The molecule has 0 bridgehead atoms. The van der Waals surface area contributed by atoms with Crippen LogP contribution in [0.25, 0.3) is 0 Å². The second kappa shape index (κ2) is 8.39. The zero-order chi connectivity index (χ0) is 20.1. The Morgan fingerprint density at radius 1 is 0.857 bits per heavy atom. The van der Waals surface area contributed by atoms with Crippen LogP contribution in [0.2, 0.25) is 0 Å². The zero-order valence-electron chi connectivity index (χ0n) is 16.2. The SMILES string of the molecule is COc1cc(OC)cc(C(=O)Nc2ccc(Nc3cc(C)ccc3C)nn2)c1. The zero-order valence-corrected chi connectivity index (χ0v) is 16.2. The molecule has 7 nitrogen and oxygen atoms in total. The monoisotopic (exact) mass is 378 g/mol. The molecule has 1 amide bonds. The highest BCUT2D eigenvalue weighted by Crippen LogP contribution is 2.24. The summed E-state index contributed by atoms with van der Waals surface area (Å²) in [6.07, 6.45) is 0. The average Bonchev–Trinajstić information content (AvgIpc) is 2.71. The third-order valence-electron chi connectivity index (χ3n) is 4.18. The van der Waals surface area contributed by atoms with Crippen LogP contribution in [0.3, 0.4) is 0 Å². The first-order valence-corrected chi connectivity index (χ1v) is 8.71. The molecule has 0 saturated heterocycles. The van der Waals surface area contributed by atoms with E-state index in [4.69, 9.17) is 9.47 Å². The number of rotatable bonds is 6. The molecule has 144 valence electrons. The third kappa shape index (κ3) is 4.56. The maximum atomic E-state index is 12.5. The maximum absolute atomic E-state index is 12.5. The van der Waals surface area contributed by atoms with Crippen molar-refractivity contribution >= 4 is 23.2 Å². The van der Waals surface area contributed by atoms with E-state index < -0.39 is 0 Å². The number of hydrogen-bond acceptors (Lipinski definition) is 6. The number of carbonyl (C=O) groups excluding carboxylic acids is 1. The molecular weight excluding hydrogens is 356 g/mol. The molecule has 2 aromatic carbocycles. The van der Waals surface area contributed by atoms with E-state index in [9.17, 15) is 4.79 Å². The number of hydrogen-bond donors (Lipinski definition) is 2. The van der Waals surface area contributed by atoms with Crippen LogP contribution in [0.15, 0.2) is 48.5 Å². The summed E-state index contributed by atoms with van der Waals surface area (Å²) in [6.45, 7) is 4.05. The number of methoxy groups -OCH3 is 2. The van der Waals surface area contributed by atoms with Crippen LogP contribution in [0.4, 0.5) is 17.3 Å². The summed E-state index contributed by atoms with van der Waals surface area (Å²) >= 11 is 0. The molecule has 1 heterocycles. The lowest BCUT2D eigenvalue weighted by molar-refractivity contribution is 0.102. The van der Waals surface area contributed by atoms with Gasteiger partial charge in [-0.15, -0.1) is 10.2 Å². The molecule has 0 unspecified atom stereocenters. The first-order valence-electron chi connectivity index (χ1n) is 8.71. The fourth-order valence-electron chi connectivity index (χ4n) is 2.60. The lowest BCUT2D eigenvalue weighted by Crippen LogP contribution is -2.14. The van der Waals surface area contributed by atoms with Gasteiger partial charge in [0.2, 0.25) is 0 Å². The van der Waals surface area contributed by atoms with Crippen LogP contribution in [-0.4, -0.2) is 30.3 Å². The topological polar surface area (TPSA) is 85.4 Å². The molecule has 2 N–H and O–H groups in total. The van der Waals surface area contributed by atoms with Gasteiger partial charge in [-0.1, -0.05) is 12.1 Å². The van der Waals surface area contributed by atoms with Crippen molar-refractivity contribution in [3.8, 4) is 11.5 Å². The molecule has 0 fully saturated rings. The van der Waals surface area contributed by atoms with Gasteiger partial charge in [0.05, 0.1) is 14.2 Å². The minimum absolute atomic E-state index is 0.332. The van der Waals surface area contributed by atoms with Gasteiger partial charge in [0, 0.05) is 17.3 Å². The number of aromatic nitrogens is 2. The molecule has 0 spiro atoms. The molecule has 7 heteroatoms. The molecule has 0 saturated carbocycles. The number of ether oxygens (including phenoxy) is 2. The van der Waals surface area contributed by atoms with Crippen LogP contribution >= 0.6 is 0 Å². The normalized spacial score (nSPS) is 10.3. The van der Waals surface area contributed by atoms with Crippen LogP contribution < -0.4 is 20.1 Å². The number of benzene rings is 2. The summed E-state index contributed by atoms with van der Waals surface area (Å²) in [5, 5.41) is 14.2. The molecule has 0 aliphatic rings. The van der Waals surface area contributed by atoms with E-state index >= 15 is 0 Å². The molecular formula is C21H22N4O3. The quantitative estimate of drug-likeness (QED) is 0.671. The largest absolute Gasteiger partial charge is 0.497 e. The van der Waals surface area contributed by atoms with Gasteiger partial charge in [-0.3, -0.25) is 4.79 Å². The highest BCUT2D eigenvalue weighted by atomic mass is 16.5. The van der Waals surface area contributed by atoms with Crippen LogP contribution in [0.1, 0.15) is 21.5 Å². The fraction of sp³-hybridized carbons (Fsp3) is 0.190. The Bertz CT molecular complexity index is 965. The Labute approximate surface area is 163 Å². The fourth-order valence-corrected chi connectivity index (χ4v) is 2.60. The predicted molar refractivity (Wildman–Crippen MR) is 109 cm³/mol. The number of nitrogens with one attached hydrogen (secondary N) is 2. The van der Waals surface area contributed by atoms with Crippen molar-refractivity contribution in [3.05, 3.63) is 65.2 Å². The molecule has 0 radical (unpaired) electrons. The second-order valence-electron chi connectivity index (χ2n) is 6.30. The summed E-state index contributed by atoms with van der Waals surface area (Å²) in [5.41, 5.74) is 3.63.